The van der Waals surface area contributed by atoms with Crippen LogP contribution < -0.4 is 4.74 Å². The van der Waals surface area contributed by atoms with E-state index < -0.39 is 0 Å². The molecule has 182 valence electrons. The zero-order valence-corrected chi connectivity index (χ0v) is 21.1. The number of allylic oxidation sites excluding steroid dienone is 4. The molecule has 4 aliphatic rings. The predicted octanol–water partition coefficient (Wildman–Crippen LogP) is 6.01. The third-order valence-corrected chi connectivity index (χ3v) is 9.21. The van der Waals surface area contributed by atoms with E-state index in [0.29, 0.717) is 42.9 Å². The van der Waals surface area contributed by atoms with Gasteiger partial charge in [0.05, 0.1) is 0 Å². The third kappa shape index (κ3) is 4.08. The molecule has 0 aromatic heterocycles. The van der Waals surface area contributed by atoms with Crippen LogP contribution in [0.2, 0.25) is 0 Å². The average molecular weight is 462 g/mol. The van der Waals surface area contributed by atoms with Crippen molar-refractivity contribution >= 4 is 17.1 Å². The molecule has 0 N–H and O–H groups in total. The van der Waals surface area contributed by atoms with E-state index in [1.165, 1.54) is 27.9 Å². The summed E-state index contributed by atoms with van der Waals surface area (Å²) in [6.45, 7) is 10.3. The largest absolute Gasteiger partial charge is 0.492 e. The number of carbonyl (C=O) groups excluding carboxylic acids is 2. The summed E-state index contributed by atoms with van der Waals surface area (Å²) in [6, 6.07) is 8.57. The first-order valence-electron chi connectivity index (χ1n) is 13.4. The summed E-state index contributed by atoms with van der Waals surface area (Å²) in [7, 11) is 0. The summed E-state index contributed by atoms with van der Waals surface area (Å²) >= 11 is 0. The summed E-state index contributed by atoms with van der Waals surface area (Å²) in [5.41, 5.74) is 6.68. The highest BCUT2D eigenvalue weighted by Crippen LogP contribution is 2.61. The van der Waals surface area contributed by atoms with E-state index in [1.807, 2.05) is 0 Å². The molecular formula is C30H39NO3. The van der Waals surface area contributed by atoms with Crippen molar-refractivity contribution < 1.29 is 14.3 Å². The fraction of sp³-hybridized carbons (Fsp3) is 0.600. The van der Waals surface area contributed by atoms with Crippen LogP contribution in [0.4, 0.5) is 0 Å². The number of likely N-dealkylation sites (N-methyl/N-ethyl adjacent to an activating group) is 1. The van der Waals surface area contributed by atoms with Crippen LogP contribution in [0.3, 0.4) is 0 Å². The van der Waals surface area contributed by atoms with E-state index >= 15 is 0 Å². The van der Waals surface area contributed by atoms with Gasteiger partial charge in [-0.05, 0) is 91.4 Å². The molecule has 1 saturated carbocycles. The highest BCUT2D eigenvalue weighted by molar-refractivity contribution is 5.92. The van der Waals surface area contributed by atoms with Crippen LogP contribution in [0, 0.1) is 17.3 Å². The van der Waals surface area contributed by atoms with Crippen LogP contribution in [0.1, 0.15) is 77.7 Å². The smallest absolute Gasteiger partial charge is 0.139 e. The minimum Gasteiger partial charge on any atom is -0.492 e. The number of hydrogen-bond acceptors (Lipinski definition) is 4. The molecular weight excluding hydrogens is 422 g/mol. The van der Waals surface area contributed by atoms with Crippen molar-refractivity contribution in [1.29, 1.82) is 0 Å². The first kappa shape index (κ1) is 23.5. The van der Waals surface area contributed by atoms with E-state index in [2.05, 4.69) is 49.9 Å². The third-order valence-electron chi connectivity index (χ3n) is 9.21. The van der Waals surface area contributed by atoms with Crippen LogP contribution in [0.15, 0.2) is 41.0 Å². The van der Waals surface area contributed by atoms with Crippen molar-refractivity contribution in [3.8, 4) is 5.75 Å². The van der Waals surface area contributed by atoms with Crippen LogP contribution in [0.5, 0.6) is 5.75 Å². The average Bonchev–Trinajstić information content (AvgIpc) is 3.15. The summed E-state index contributed by atoms with van der Waals surface area (Å²) in [5, 5.41) is 0. The summed E-state index contributed by atoms with van der Waals surface area (Å²) in [5.74, 6) is 2.65. The van der Waals surface area contributed by atoms with Gasteiger partial charge in [0, 0.05) is 31.2 Å². The molecule has 2 unspecified atom stereocenters. The molecule has 0 aliphatic heterocycles. The Hall–Kier alpha value is -2.20. The molecule has 0 heterocycles. The second-order valence-electron chi connectivity index (χ2n) is 10.9. The van der Waals surface area contributed by atoms with Gasteiger partial charge in [-0.1, -0.05) is 38.5 Å². The Morgan fingerprint density at radius 2 is 1.74 bits per heavy atom. The molecule has 0 bridgehead atoms. The van der Waals surface area contributed by atoms with E-state index in [4.69, 9.17) is 4.74 Å². The highest BCUT2D eigenvalue weighted by Gasteiger charge is 2.54. The fourth-order valence-electron chi connectivity index (χ4n) is 7.22. The minimum atomic E-state index is -0.245. The number of rotatable bonds is 7. The maximum Gasteiger partial charge on any atom is 0.139 e. The van der Waals surface area contributed by atoms with Crippen molar-refractivity contribution in [2.24, 2.45) is 17.3 Å². The van der Waals surface area contributed by atoms with Gasteiger partial charge in [-0.25, -0.2) is 0 Å². The Morgan fingerprint density at radius 3 is 2.47 bits per heavy atom. The number of hydrogen-bond donors (Lipinski definition) is 0. The van der Waals surface area contributed by atoms with Crippen LogP contribution in [0.25, 0.3) is 5.57 Å². The topological polar surface area (TPSA) is 46.6 Å². The van der Waals surface area contributed by atoms with E-state index in [1.54, 1.807) is 0 Å². The highest BCUT2D eigenvalue weighted by atomic mass is 16.5. The lowest BCUT2D eigenvalue weighted by Crippen LogP contribution is -2.40. The van der Waals surface area contributed by atoms with Crippen LogP contribution in [-0.4, -0.2) is 42.7 Å². The number of fused-ring (bicyclic) bond motifs is 4. The fourth-order valence-corrected chi connectivity index (χ4v) is 7.22. The monoisotopic (exact) mass is 461 g/mol. The van der Waals surface area contributed by atoms with Gasteiger partial charge in [0.1, 0.15) is 23.9 Å². The maximum absolute atomic E-state index is 13.1. The number of carbonyl (C=O) groups is 2. The lowest BCUT2D eigenvalue weighted by atomic mass is 9.56. The Balaban J connectivity index is 1.47. The molecule has 1 aromatic rings. The molecule has 0 spiro atoms. The summed E-state index contributed by atoms with van der Waals surface area (Å²) in [6.07, 6.45) is 6.89. The number of ether oxygens (including phenoxy) is 1. The Morgan fingerprint density at radius 1 is 0.971 bits per heavy atom. The van der Waals surface area contributed by atoms with Crippen LogP contribution >= 0.6 is 0 Å². The predicted molar refractivity (Wildman–Crippen MR) is 136 cm³/mol. The molecule has 34 heavy (non-hydrogen) atoms. The molecule has 4 nitrogen and oxygen atoms in total. The van der Waals surface area contributed by atoms with Crippen molar-refractivity contribution in [3.05, 3.63) is 46.5 Å². The van der Waals surface area contributed by atoms with Gasteiger partial charge in [-0.3, -0.25) is 9.59 Å². The van der Waals surface area contributed by atoms with E-state index in [9.17, 15) is 9.59 Å². The molecule has 0 amide bonds. The summed E-state index contributed by atoms with van der Waals surface area (Å²) in [4.78, 5) is 27.6. The molecule has 4 aliphatic carbocycles. The summed E-state index contributed by atoms with van der Waals surface area (Å²) < 4.78 is 6.03. The Kier molecular flexibility index (Phi) is 6.54. The van der Waals surface area contributed by atoms with Gasteiger partial charge >= 0.3 is 0 Å². The number of benzene rings is 1. The number of ketones is 2. The lowest BCUT2D eigenvalue weighted by Gasteiger charge is -2.47. The number of Topliss-reactive ketones (excluding diaryl/α,β-unsaturated/α-hetero) is 2. The molecule has 3 atom stereocenters. The molecule has 4 heteroatoms. The second kappa shape index (κ2) is 9.45. The van der Waals surface area contributed by atoms with Gasteiger partial charge in [-0.2, -0.15) is 0 Å². The minimum absolute atomic E-state index is 0.245. The maximum atomic E-state index is 13.1. The zero-order chi connectivity index (χ0) is 23.9. The Bertz CT molecular complexity index is 1030. The number of nitrogens with zero attached hydrogens (tertiary/aromatic N) is 1. The van der Waals surface area contributed by atoms with Gasteiger partial charge in [0.2, 0.25) is 0 Å². The van der Waals surface area contributed by atoms with Gasteiger partial charge in [0.15, 0.2) is 0 Å². The van der Waals surface area contributed by atoms with E-state index in [-0.39, 0.29) is 5.41 Å². The van der Waals surface area contributed by atoms with E-state index in [0.717, 1.165) is 63.9 Å². The van der Waals surface area contributed by atoms with Crippen molar-refractivity contribution in [2.75, 3.05) is 26.2 Å². The Labute approximate surface area is 204 Å². The quantitative estimate of drug-likeness (QED) is 0.499. The standard InChI is InChI=1S/C30H39NO3/c1-4-31(5-2)16-17-34-23-10-6-20(7-11-23)26-19-30(3)27(14-15-28(30)33)25-12-8-21-18-22(32)9-13-24(21)29(25)26/h6-7,10-11,25,27H,4-5,8-9,12-19H2,1-3H3/t25?,27?,30-/m0/s1. The van der Waals surface area contributed by atoms with Gasteiger partial charge in [0.25, 0.3) is 0 Å². The first-order chi connectivity index (χ1) is 16.4. The van der Waals surface area contributed by atoms with Gasteiger partial charge in [-0.15, -0.1) is 0 Å². The molecule has 0 saturated heterocycles. The molecule has 5 rings (SSSR count). The molecule has 1 fully saturated rings. The van der Waals surface area contributed by atoms with Crippen molar-refractivity contribution in [1.82, 2.24) is 4.90 Å². The molecule has 1 aromatic carbocycles. The SMILES string of the molecule is CCN(CC)CCOc1ccc(C2=C3C4=C(CCC3C3CCC(=O)[C@@]3(C)C2)CC(=O)CC4)cc1. The lowest BCUT2D eigenvalue weighted by molar-refractivity contribution is -0.126. The molecule has 0 radical (unpaired) electrons. The zero-order valence-electron chi connectivity index (χ0n) is 21.1. The van der Waals surface area contributed by atoms with Crippen LogP contribution in [-0.2, 0) is 9.59 Å². The normalized spacial score (nSPS) is 28.8. The van der Waals surface area contributed by atoms with Crippen molar-refractivity contribution in [3.63, 3.8) is 0 Å². The second-order valence-corrected chi connectivity index (χ2v) is 10.9. The van der Waals surface area contributed by atoms with Crippen molar-refractivity contribution in [2.45, 2.75) is 72.1 Å². The van der Waals surface area contributed by atoms with Gasteiger partial charge < -0.3 is 9.64 Å². The first-order valence-corrected chi connectivity index (χ1v) is 13.4.